The zero-order chi connectivity index (χ0) is 17.4. The molecule has 2 rings (SSSR count). The fourth-order valence-electron chi connectivity index (χ4n) is 3.93. The second kappa shape index (κ2) is 12.3. The highest BCUT2D eigenvalue weighted by atomic mass is 127. The van der Waals surface area contributed by atoms with Crippen molar-refractivity contribution in [2.24, 2.45) is 10.9 Å². The van der Waals surface area contributed by atoms with E-state index in [-0.39, 0.29) is 24.0 Å². The Labute approximate surface area is 172 Å². The number of guanidine groups is 1. The third-order valence-corrected chi connectivity index (χ3v) is 5.82. The number of hydrogen-bond acceptors (Lipinski definition) is 3. The second-order valence-electron chi connectivity index (χ2n) is 7.71. The number of hydrogen-bond donors (Lipinski definition) is 2. The summed E-state index contributed by atoms with van der Waals surface area (Å²) in [6, 6.07) is 1.24. The second-order valence-corrected chi connectivity index (χ2v) is 7.71. The van der Waals surface area contributed by atoms with Gasteiger partial charge in [-0.15, -0.1) is 24.0 Å². The molecule has 2 heterocycles. The average Bonchev–Trinajstić information content (AvgIpc) is 2.61. The van der Waals surface area contributed by atoms with Gasteiger partial charge in [0.15, 0.2) is 5.96 Å². The standard InChI is InChI=1S/C19H39N5.HI/c1-5-23-12-7-17(8-13-23)6-11-21-19(20-4)22-18-9-14-24(15-10-18)16(2)3;/h16-18H,5-15H2,1-4H3,(H2,20,21,22);1H. The molecule has 0 atom stereocenters. The summed E-state index contributed by atoms with van der Waals surface area (Å²) in [4.78, 5) is 9.55. The largest absolute Gasteiger partial charge is 0.356 e. The number of piperidine rings is 2. The number of nitrogens with one attached hydrogen (secondary N) is 2. The minimum Gasteiger partial charge on any atom is -0.356 e. The Morgan fingerprint density at radius 1 is 1.08 bits per heavy atom. The predicted molar refractivity (Wildman–Crippen MR) is 119 cm³/mol. The van der Waals surface area contributed by atoms with Gasteiger partial charge in [-0.05, 0) is 71.5 Å². The molecule has 0 unspecified atom stereocenters. The van der Waals surface area contributed by atoms with Crippen molar-refractivity contribution in [3.05, 3.63) is 0 Å². The molecule has 148 valence electrons. The van der Waals surface area contributed by atoms with Crippen LogP contribution in [-0.2, 0) is 0 Å². The summed E-state index contributed by atoms with van der Waals surface area (Å²) in [5.41, 5.74) is 0. The van der Waals surface area contributed by atoms with Gasteiger partial charge < -0.3 is 20.4 Å². The molecular formula is C19H40IN5. The van der Waals surface area contributed by atoms with Crippen LogP contribution in [0.4, 0.5) is 0 Å². The van der Waals surface area contributed by atoms with Gasteiger partial charge in [0.05, 0.1) is 0 Å². The molecule has 0 bridgehead atoms. The highest BCUT2D eigenvalue weighted by Gasteiger charge is 2.22. The van der Waals surface area contributed by atoms with E-state index in [1.807, 2.05) is 7.05 Å². The summed E-state index contributed by atoms with van der Waals surface area (Å²) >= 11 is 0. The van der Waals surface area contributed by atoms with Gasteiger partial charge in [-0.1, -0.05) is 6.92 Å². The molecule has 2 aliphatic heterocycles. The van der Waals surface area contributed by atoms with E-state index in [1.54, 1.807) is 0 Å². The lowest BCUT2D eigenvalue weighted by Crippen LogP contribution is -2.50. The molecular weight excluding hydrogens is 425 g/mol. The normalized spacial score (nSPS) is 22.0. The minimum atomic E-state index is 0. The summed E-state index contributed by atoms with van der Waals surface area (Å²) < 4.78 is 0. The van der Waals surface area contributed by atoms with Gasteiger partial charge in [0.1, 0.15) is 0 Å². The van der Waals surface area contributed by atoms with Gasteiger partial charge in [-0.3, -0.25) is 4.99 Å². The van der Waals surface area contributed by atoms with E-state index in [9.17, 15) is 0 Å². The molecule has 0 aromatic carbocycles. The highest BCUT2D eigenvalue weighted by Crippen LogP contribution is 2.19. The Morgan fingerprint density at radius 2 is 1.72 bits per heavy atom. The van der Waals surface area contributed by atoms with Crippen LogP contribution >= 0.6 is 24.0 Å². The smallest absolute Gasteiger partial charge is 0.191 e. The van der Waals surface area contributed by atoms with Crippen LogP contribution in [0.15, 0.2) is 4.99 Å². The first kappa shape index (κ1) is 23.0. The zero-order valence-electron chi connectivity index (χ0n) is 16.8. The van der Waals surface area contributed by atoms with Crippen LogP contribution in [0.2, 0.25) is 0 Å². The van der Waals surface area contributed by atoms with Crippen LogP contribution in [0, 0.1) is 5.92 Å². The molecule has 2 N–H and O–H groups in total. The number of aliphatic imine (C=N–C) groups is 1. The highest BCUT2D eigenvalue weighted by molar-refractivity contribution is 14.0. The van der Waals surface area contributed by atoms with Crippen molar-refractivity contribution in [1.82, 2.24) is 20.4 Å². The van der Waals surface area contributed by atoms with E-state index in [0.29, 0.717) is 12.1 Å². The summed E-state index contributed by atoms with van der Waals surface area (Å²) in [5.74, 6) is 1.87. The van der Waals surface area contributed by atoms with Crippen molar-refractivity contribution in [3.8, 4) is 0 Å². The van der Waals surface area contributed by atoms with Crippen LogP contribution in [0.1, 0.15) is 52.9 Å². The minimum absolute atomic E-state index is 0. The summed E-state index contributed by atoms with van der Waals surface area (Å²) in [6.07, 6.45) is 6.41. The maximum Gasteiger partial charge on any atom is 0.191 e. The fourth-order valence-corrected chi connectivity index (χ4v) is 3.93. The summed E-state index contributed by atoms with van der Waals surface area (Å²) in [7, 11) is 1.89. The average molecular weight is 465 g/mol. The maximum absolute atomic E-state index is 4.42. The third-order valence-electron chi connectivity index (χ3n) is 5.82. The Balaban J connectivity index is 0.00000312. The van der Waals surface area contributed by atoms with Crippen LogP contribution in [0.5, 0.6) is 0 Å². The van der Waals surface area contributed by atoms with Gasteiger partial charge in [-0.25, -0.2) is 0 Å². The molecule has 0 aromatic rings. The van der Waals surface area contributed by atoms with E-state index < -0.39 is 0 Å². The van der Waals surface area contributed by atoms with Crippen molar-refractivity contribution in [1.29, 1.82) is 0 Å². The lowest BCUT2D eigenvalue weighted by atomic mass is 9.93. The van der Waals surface area contributed by atoms with E-state index in [2.05, 4.69) is 46.2 Å². The molecule has 5 nitrogen and oxygen atoms in total. The lowest BCUT2D eigenvalue weighted by Gasteiger charge is -2.35. The van der Waals surface area contributed by atoms with Crippen LogP contribution < -0.4 is 10.6 Å². The van der Waals surface area contributed by atoms with Crippen molar-refractivity contribution >= 4 is 29.9 Å². The number of rotatable bonds is 6. The van der Waals surface area contributed by atoms with Gasteiger partial charge >= 0.3 is 0 Å². The van der Waals surface area contributed by atoms with Gasteiger partial charge in [0.2, 0.25) is 0 Å². The Kier molecular flexibility index (Phi) is 11.3. The molecule has 2 saturated heterocycles. The summed E-state index contributed by atoms with van der Waals surface area (Å²) in [5, 5.41) is 7.16. The molecule has 0 aliphatic carbocycles. The first-order valence-corrected chi connectivity index (χ1v) is 10.1. The molecule has 0 aromatic heterocycles. The van der Waals surface area contributed by atoms with E-state index in [4.69, 9.17) is 0 Å². The molecule has 0 amide bonds. The Hall–Kier alpha value is -0.0800. The Bertz CT molecular complexity index is 372. The van der Waals surface area contributed by atoms with Crippen molar-refractivity contribution in [2.75, 3.05) is 46.3 Å². The molecule has 6 heteroatoms. The first-order chi connectivity index (χ1) is 11.6. The van der Waals surface area contributed by atoms with E-state index in [0.717, 1.165) is 18.4 Å². The van der Waals surface area contributed by atoms with E-state index in [1.165, 1.54) is 64.8 Å². The SMILES string of the molecule is CCN1CCC(CCNC(=NC)NC2CCN(C(C)C)CC2)CC1.I. The quantitative estimate of drug-likeness (QED) is 0.360. The first-order valence-electron chi connectivity index (χ1n) is 10.1. The number of likely N-dealkylation sites (tertiary alicyclic amines) is 2. The van der Waals surface area contributed by atoms with Crippen LogP contribution in [-0.4, -0.2) is 74.2 Å². The van der Waals surface area contributed by atoms with Crippen molar-refractivity contribution < 1.29 is 0 Å². The molecule has 2 aliphatic rings. The molecule has 0 radical (unpaired) electrons. The van der Waals surface area contributed by atoms with Gasteiger partial charge in [-0.2, -0.15) is 0 Å². The molecule has 0 spiro atoms. The van der Waals surface area contributed by atoms with Crippen LogP contribution in [0.3, 0.4) is 0 Å². The molecule has 2 fully saturated rings. The van der Waals surface area contributed by atoms with Crippen molar-refractivity contribution in [2.45, 2.75) is 65.0 Å². The monoisotopic (exact) mass is 465 g/mol. The lowest BCUT2D eigenvalue weighted by molar-refractivity contribution is 0.167. The molecule has 0 saturated carbocycles. The van der Waals surface area contributed by atoms with E-state index >= 15 is 0 Å². The predicted octanol–water partition coefficient (Wildman–Crippen LogP) is 2.76. The third kappa shape index (κ3) is 7.99. The topological polar surface area (TPSA) is 42.9 Å². The number of halogens is 1. The fraction of sp³-hybridized carbons (Fsp3) is 0.947. The van der Waals surface area contributed by atoms with Crippen LogP contribution in [0.25, 0.3) is 0 Å². The zero-order valence-corrected chi connectivity index (χ0v) is 19.1. The van der Waals surface area contributed by atoms with Crippen molar-refractivity contribution in [3.63, 3.8) is 0 Å². The summed E-state index contributed by atoms with van der Waals surface area (Å²) in [6.45, 7) is 14.1. The maximum atomic E-state index is 4.42. The number of nitrogens with zero attached hydrogens (tertiary/aromatic N) is 3. The molecule has 25 heavy (non-hydrogen) atoms. The van der Waals surface area contributed by atoms with Gasteiger partial charge in [0, 0.05) is 38.8 Å². The van der Waals surface area contributed by atoms with Gasteiger partial charge in [0.25, 0.3) is 0 Å². The Morgan fingerprint density at radius 3 is 2.24 bits per heavy atom.